The van der Waals surface area contributed by atoms with E-state index >= 15 is 0 Å². The van der Waals surface area contributed by atoms with E-state index in [4.69, 9.17) is 18.9 Å². The van der Waals surface area contributed by atoms with Gasteiger partial charge in [0, 0.05) is 19.6 Å². The molecule has 0 aromatic heterocycles. The molecule has 0 bridgehead atoms. The van der Waals surface area contributed by atoms with Crippen molar-refractivity contribution in [1.29, 1.82) is 0 Å². The molecular formula is C10H18O4. The first kappa shape index (κ1) is 10.4. The lowest BCUT2D eigenvalue weighted by Gasteiger charge is -2.36. The van der Waals surface area contributed by atoms with E-state index in [1.165, 1.54) is 0 Å². The van der Waals surface area contributed by atoms with E-state index in [-0.39, 0.29) is 0 Å². The molecule has 0 saturated carbocycles. The van der Waals surface area contributed by atoms with Gasteiger partial charge in [-0.1, -0.05) is 0 Å². The number of hydrogen-bond acceptors (Lipinski definition) is 4. The predicted octanol–water partition coefficient (Wildman–Crippen LogP) is 1.29. The van der Waals surface area contributed by atoms with E-state index < -0.39 is 5.97 Å². The minimum absolute atomic E-state index is 0.653. The van der Waals surface area contributed by atoms with E-state index in [9.17, 15) is 0 Å². The highest BCUT2D eigenvalue weighted by atomic mass is 16.9. The van der Waals surface area contributed by atoms with Crippen molar-refractivity contribution in [2.45, 2.75) is 31.7 Å². The first-order chi connectivity index (χ1) is 6.91. The van der Waals surface area contributed by atoms with Crippen LogP contribution < -0.4 is 0 Å². The summed E-state index contributed by atoms with van der Waals surface area (Å²) in [6.07, 6.45) is 3.57. The largest absolute Gasteiger partial charge is 0.381 e. The van der Waals surface area contributed by atoms with Crippen LogP contribution in [0.25, 0.3) is 0 Å². The number of rotatable bonds is 0. The third-order valence-corrected chi connectivity index (χ3v) is 2.46. The average Bonchev–Trinajstić information content (AvgIpc) is 2.33. The molecule has 0 aliphatic carbocycles. The van der Waals surface area contributed by atoms with Gasteiger partial charge in [0.25, 0.3) is 5.97 Å². The Morgan fingerprint density at radius 1 is 0.643 bits per heavy atom. The molecule has 0 N–H and O–H groups in total. The van der Waals surface area contributed by atoms with Gasteiger partial charge in [0.2, 0.25) is 0 Å². The maximum Gasteiger partial charge on any atom is 0.282 e. The molecule has 0 unspecified atom stereocenters. The van der Waals surface area contributed by atoms with Crippen LogP contribution in [0.3, 0.4) is 0 Å². The number of ether oxygens (including phenoxy) is 4. The van der Waals surface area contributed by atoms with Crippen LogP contribution in [0.5, 0.6) is 0 Å². The highest BCUT2D eigenvalue weighted by molar-refractivity contribution is 4.64. The second-order valence-corrected chi connectivity index (χ2v) is 3.65. The highest BCUT2D eigenvalue weighted by Crippen LogP contribution is 2.26. The third kappa shape index (κ3) is 2.67. The molecule has 2 rings (SSSR count). The van der Waals surface area contributed by atoms with Gasteiger partial charge in [0.05, 0.1) is 19.8 Å². The lowest BCUT2D eigenvalue weighted by molar-refractivity contribution is -0.401. The Balaban J connectivity index is 1.91. The molecular weight excluding hydrogens is 184 g/mol. The quantitative estimate of drug-likeness (QED) is 0.593. The monoisotopic (exact) mass is 202 g/mol. The lowest BCUT2D eigenvalue weighted by atomic mass is 10.2. The van der Waals surface area contributed by atoms with Gasteiger partial charge in [-0.2, -0.15) is 0 Å². The molecule has 4 heteroatoms. The van der Waals surface area contributed by atoms with Crippen LogP contribution in [0.4, 0.5) is 0 Å². The Kier molecular flexibility index (Phi) is 3.75. The molecule has 0 aromatic carbocycles. The molecule has 0 aromatic rings. The second kappa shape index (κ2) is 5.07. The molecule has 14 heavy (non-hydrogen) atoms. The van der Waals surface area contributed by atoms with Gasteiger partial charge < -0.3 is 18.9 Å². The molecule has 0 atom stereocenters. The van der Waals surface area contributed by atoms with Crippen molar-refractivity contribution >= 4 is 0 Å². The van der Waals surface area contributed by atoms with Crippen LogP contribution in [0.15, 0.2) is 0 Å². The van der Waals surface area contributed by atoms with Gasteiger partial charge in [-0.3, -0.25) is 0 Å². The molecule has 4 nitrogen and oxygen atoms in total. The van der Waals surface area contributed by atoms with Crippen LogP contribution in [0, 0.1) is 0 Å². The Morgan fingerprint density at radius 3 is 1.93 bits per heavy atom. The fourth-order valence-electron chi connectivity index (χ4n) is 1.74. The Labute approximate surface area is 84.5 Å². The van der Waals surface area contributed by atoms with Crippen LogP contribution in [-0.4, -0.2) is 39.0 Å². The van der Waals surface area contributed by atoms with E-state index in [2.05, 4.69) is 0 Å². The maximum atomic E-state index is 5.67. The zero-order valence-corrected chi connectivity index (χ0v) is 8.50. The van der Waals surface area contributed by atoms with Crippen molar-refractivity contribution in [2.75, 3.05) is 33.0 Å². The number of hydrogen-bond donors (Lipinski definition) is 0. The fraction of sp³-hybridized carbons (Fsp3) is 1.00. The highest BCUT2D eigenvalue weighted by Gasteiger charge is 2.35. The summed E-state index contributed by atoms with van der Waals surface area (Å²) < 4.78 is 22.3. The van der Waals surface area contributed by atoms with Crippen LogP contribution in [0.1, 0.15) is 25.7 Å². The third-order valence-electron chi connectivity index (χ3n) is 2.46. The van der Waals surface area contributed by atoms with Crippen molar-refractivity contribution in [3.05, 3.63) is 0 Å². The topological polar surface area (TPSA) is 36.9 Å². The Hall–Kier alpha value is -0.160. The van der Waals surface area contributed by atoms with Gasteiger partial charge in [-0.05, 0) is 19.3 Å². The smallest absolute Gasteiger partial charge is 0.282 e. The summed E-state index contributed by atoms with van der Waals surface area (Å²) in [7, 11) is 0. The van der Waals surface area contributed by atoms with Gasteiger partial charge in [0.1, 0.15) is 0 Å². The van der Waals surface area contributed by atoms with E-state index in [1.54, 1.807) is 0 Å². The normalized spacial score (nSPS) is 29.1. The molecule has 0 amide bonds. The van der Waals surface area contributed by atoms with Crippen molar-refractivity contribution in [3.8, 4) is 0 Å². The van der Waals surface area contributed by atoms with Crippen molar-refractivity contribution in [1.82, 2.24) is 0 Å². The maximum absolute atomic E-state index is 5.67. The second-order valence-electron chi connectivity index (χ2n) is 3.65. The minimum Gasteiger partial charge on any atom is -0.381 e. The van der Waals surface area contributed by atoms with Crippen molar-refractivity contribution in [3.63, 3.8) is 0 Å². The summed E-state index contributed by atoms with van der Waals surface area (Å²) in [4.78, 5) is 0. The van der Waals surface area contributed by atoms with Gasteiger partial charge in [0.15, 0.2) is 0 Å². The molecule has 2 fully saturated rings. The standard InChI is InChI=1S/C10H18O4/c1-4-10(13-8-3-9-14-10)12-7-2-6-11-5-1/h1-9H2. The first-order valence-electron chi connectivity index (χ1n) is 5.41. The summed E-state index contributed by atoms with van der Waals surface area (Å²) in [6, 6.07) is 0. The fourth-order valence-corrected chi connectivity index (χ4v) is 1.74. The van der Waals surface area contributed by atoms with E-state index in [0.29, 0.717) is 6.61 Å². The Morgan fingerprint density at radius 2 is 1.21 bits per heavy atom. The summed E-state index contributed by atoms with van der Waals surface area (Å²) in [5.74, 6) is -0.758. The first-order valence-corrected chi connectivity index (χ1v) is 5.41. The summed E-state index contributed by atoms with van der Waals surface area (Å²) in [5.41, 5.74) is 0. The molecule has 0 radical (unpaired) electrons. The zero-order chi connectivity index (χ0) is 9.69. The van der Waals surface area contributed by atoms with Crippen LogP contribution in [-0.2, 0) is 18.9 Å². The van der Waals surface area contributed by atoms with E-state index in [1.807, 2.05) is 0 Å². The summed E-state index contributed by atoms with van der Waals surface area (Å²) in [5, 5.41) is 0. The minimum atomic E-state index is -0.758. The SMILES string of the molecule is C1COCCCC2(OC1)OCCCO2. The van der Waals surface area contributed by atoms with Crippen molar-refractivity contribution in [2.24, 2.45) is 0 Å². The molecule has 2 saturated heterocycles. The molecule has 2 aliphatic heterocycles. The molecule has 2 aliphatic rings. The van der Waals surface area contributed by atoms with Gasteiger partial charge in [-0.25, -0.2) is 0 Å². The van der Waals surface area contributed by atoms with E-state index in [0.717, 1.165) is 52.1 Å². The molecule has 2 heterocycles. The van der Waals surface area contributed by atoms with Crippen LogP contribution >= 0.6 is 0 Å². The zero-order valence-electron chi connectivity index (χ0n) is 8.50. The lowest BCUT2D eigenvalue weighted by Crippen LogP contribution is -2.43. The van der Waals surface area contributed by atoms with Gasteiger partial charge in [-0.15, -0.1) is 0 Å². The van der Waals surface area contributed by atoms with Crippen molar-refractivity contribution < 1.29 is 18.9 Å². The predicted molar refractivity (Wildman–Crippen MR) is 49.9 cm³/mol. The van der Waals surface area contributed by atoms with Crippen LogP contribution in [0.2, 0.25) is 0 Å². The average molecular weight is 202 g/mol. The van der Waals surface area contributed by atoms with Gasteiger partial charge >= 0.3 is 0 Å². The summed E-state index contributed by atoms with van der Waals surface area (Å²) >= 11 is 0. The molecule has 1 spiro atoms. The molecule has 82 valence electrons. The summed E-state index contributed by atoms with van der Waals surface area (Å²) in [6.45, 7) is 3.68. The Bertz CT molecular complexity index is 154.